The quantitative estimate of drug-likeness (QED) is 0.376. The van der Waals surface area contributed by atoms with Gasteiger partial charge in [0.15, 0.2) is 0 Å². The van der Waals surface area contributed by atoms with E-state index in [1.54, 1.807) is 28.8 Å². The van der Waals surface area contributed by atoms with Crippen LogP contribution in [0.1, 0.15) is 31.7 Å². The van der Waals surface area contributed by atoms with Crippen LogP contribution in [0.15, 0.2) is 93.6 Å². The summed E-state index contributed by atoms with van der Waals surface area (Å²) in [6.07, 6.45) is 4.46. The van der Waals surface area contributed by atoms with Gasteiger partial charge in [0.2, 0.25) is 15.3 Å². The number of anilines is 1. The first kappa shape index (κ1) is 23.3. The second-order valence-corrected chi connectivity index (χ2v) is 11.0. The maximum Gasteiger partial charge on any atom is 0.211 e. The number of aromatic nitrogens is 1. The first-order valence-corrected chi connectivity index (χ1v) is 13.3. The number of hydrogen-bond donors (Lipinski definition) is 0. The molecule has 35 heavy (non-hydrogen) atoms. The van der Waals surface area contributed by atoms with E-state index in [1.807, 2.05) is 35.2 Å². The summed E-state index contributed by atoms with van der Waals surface area (Å²) in [6.45, 7) is 3.16. The molecule has 1 atom stereocenters. The molecule has 0 radical (unpaired) electrons. The van der Waals surface area contributed by atoms with Gasteiger partial charge in [0.05, 0.1) is 21.5 Å². The van der Waals surface area contributed by atoms with Gasteiger partial charge >= 0.3 is 0 Å². The lowest BCUT2D eigenvalue weighted by molar-refractivity contribution is 0.476. The number of hydrogen-bond acceptors (Lipinski definition) is 4. The molecule has 0 N–H and O–H groups in total. The molecule has 1 fully saturated rings. The molecule has 180 valence electrons. The van der Waals surface area contributed by atoms with Crippen LogP contribution < -0.4 is 10.3 Å². The van der Waals surface area contributed by atoms with Gasteiger partial charge < -0.3 is 9.47 Å². The second kappa shape index (κ2) is 9.30. The van der Waals surface area contributed by atoms with Crippen molar-refractivity contribution in [3.63, 3.8) is 0 Å². The fourth-order valence-corrected chi connectivity index (χ4v) is 6.27. The zero-order chi connectivity index (χ0) is 24.6. The molecule has 5 nitrogen and oxygen atoms in total. The second-order valence-electron chi connectivity index (χ2n) is 9.11. The van der Waals surface area contributed by atoms with E-state index in [9.17, 15) is 13.2 Å². The third-order valence-electron chi connectivity index (χ3n) is 6.77. The largest absolute Gasteiger partial charge is 0.366 e. The van der Waals surface area contributed by atoms with Crippen molar-refractivity contribution in [2.24, 2.45) is 0 Å². The number of pyridine rings is 1. The maximum atomic E-state index is 15.4. The lowest BCUT2D eigenvalue weighted by atomic mass is 10.0. The van der Waals surface area contributed by atoms with E-state index in [4.69, 9.17) is 0 Å². The smallest absolute Gasteiger partial charge is 0.211 e. The van der Waals surface area contributed by atoms with Crippen molar-refractivity contribution in [2.75, 3.05) is 11.4 Å². The lowest BCUT2D eigenvalue weighted by Gasteiger charge is -2.35. The zero-order valence-electron chi connectivity index (χ0n) is 19.5. The van der Waals surface area contributed by atoms with E-state index in [-0.39, 0.29) is 21.2 Å². The van der Waals surface area contributed by atoms with Gasteiger partial charge in [0, 0.05) is 25.3 Å². The molecule has 0 bridgehead atoms. The minimum absolute atomic E-state index is 0.0296. The van der Waals surface area contributed by atoms with Gasteiger partial charge in [0.1, 0.15) is 10.7 Å². The van der Waals surface area contributed by atoms with Gasteiger partial charge in [-0.05, 0) is 56.0 Å². The van der Waals surface area contributed by atoms with Crippen molar-refractivity contribution in [1.82, 2.24) is 4.57 Å². The minimum Gasteiger partial charge on any atom is -0.366 e. The number of sulfone groups is 1. The van der Waals surface area contributed by atoms with Crippen molar-refractivity contribution in [1.29, 1.82) is 0 Å². The number of rotatable bonds is 5. The molecule has 0 saturated carbocycles. The Morgan fingerprint density at radius 3 is 2.34 bits per heavy atom. The lowest BCUT2D eigenvalue weighted by Crippen LogP contribution is -2.38. The Labute approximate surface area is 204 Å². The Hall–Kier alpha value is -3.45. The van der Waals surface area contributed by atoms with Crippen LogP contribution in [0.5, 0.6) is 0 Å². The Morgan fingerprint density at radius 1 is 0.971 bits per heavy atom. The highest BCUT2D eigenvalue weighted by atomic mass is 32.2. The van der Waals surface area contributed by atoms with E-state index in [0.29, 0.717) is 17.7 Å². The summed E-state index contributed by atoms with van der Waals surface area (Å²) in [5, 5.41) is 0.0591. The van der Waals surface area contributed by atoms with Gasteiger partial charge in [-0.3, -0.25) is 4.79 Å². The molecule has 0 spiro atoms. The average molecular weight is 491 g/mol. The van der Waals surface area contributed by atoms with Crippen LogP contribution >= 0.6 is 0 Å². The van der Waals surface area contributed by atoms with E-state index in [0.717, 1.165) is 31.4 Å². The fraction of sp³-hybridized carbons (Fsp3) is 0.250. The van der Waals surface area contributed by atoms with E-state index in [2.05, 4.69) is 6.92 Å². The van der Waals surface area contributed by atoms with Gasteiger partial charge in [0.25, 0.3) is 0 Å². The zero-order valence-corrected chi connectivity index (χ0v) is 20.3. The first-order valence-electron chi connectivity index (χ1n) is 11.8. The fourth-order valence-electron chi connectivity index (χ4n) is 4.88. The Kier molecular flexibility index (Phi) is 6.19. The summed E-state index contributed by atoms with van der Waals surface area (Å²) >= 11 is 0. The number of piperidine rings is 1. The SMILES string of the molecule is C[C@@H]1CCCCN1c1cc2c(cc1F)c(=O)c(S(=O)(=O)c1ccccc1)cn2Cc1ccccc1. The normalized spacial score (nSPS) is 16.5. The third-order valence-corrected chi connectivity index (χ3v) is 8.53. The van der Waals surface area contributed by atoms with Crippen molar-refractivity contribution in [2.45, 2.75) is 48.6 Å². The number of fused-ring (bicyclic) bond motifs is 1. The molecule has 5 rings (SSSR count). The molecule has 2 heterocycles. The minimum atomic E-state index is -4.09. The molecular formula is C28H27FN2O3S. The summed E-state index contributed by atoms with van der Waals surface area (Å²) in [5.41, 5.74) is 1.22. The number of halogens is 1. The van der Waals surface area contributed by atoms with E-state index < -0.39 is 21.1 Å². The summed E-state index contributed by atoms with van der Waals surface area (Å²) in [6, 6.07) is 20.5. The van der Waals surface area contributed by atoms with Gasteiger partial charge in [-0.1, -0.05) is 48.5 Å². The highest BCUT2D eigenvalue weighted by molar-refractivity contribution is 7.91. The van der Waals surface area contributed by atoms with Crippen molar-refractivity contribution < 1.29 is 12.8 Å². The summed E-state index contributed by atoms with van der Waals surface area (Å²) in [4.78, 5) is 15.2. The number of benzene rings is 3. The molecule has 0 unspecified atom stereocenters. The van der Waals surface area contributed by atoms with Crippen LogP contribution in [0.4, 0.5) is 10.1 Å². The van der Waals surface area contributed by atoms with Crippen LogP contribution in [-0.4, -0.2) is 25.6 Å². The van der Waals surface area contributed by atoms with Crippen LogP contribution in [0, 0.1) is 5.82 Å². The summed E-state index contributed by atoms with van der Waals surface area (Å²) < 4.78 is 44.0. The van der Waals surface area contributed by atoms with Crippen LogP contribution in [0.2, 0.25) is 0 Å². The van der Waals surface area contributed by atoms with Crippen molar-refractivity contribution in [3.05, 3.63) is 101 Å². The van der Waals surface area contributed by atoms with Crippen molar-refractivity contribution >= 4 is 26.4 Å². The monoisotopic (exact) mass is 490 g/mol. The topological polar surface area (TPSA) is 59.4 Å². The van der Waals surface area contributed by atoms with Crippen LogP contribution in [-0.2, 0) is 16.4 Å². The maximum absolute atomic E-state index is 15.4. The molecule has 1 saturated heterocycles. The molecular weight excluding hydrogens is 463 g/mol. The molecule has 1 aliphatic heterocycles. The molecule has 0 aliphatic carbocycles. The van der Waals surface area contributed by atoms with Crippen molar-refractivity contribution in [3.8, 4) is 0 Å². The van der Waals surface area contributed by atoms with Gasteiger partial charge in [-0.2, -0.15) is 0 Å². The highest BCUT2D eigenvalue weighted by Gasteiger charge is 2.27. The van der Waals surface area contributed by atoms with Crippen LogP contribution in [0.25, 0.3) is 10.9 Å². The Balaban J connectivity index is 1.76. The third kappa shape index (κ3) is 4.36. The molecule has 7 heteroatoms. The van der Waals surface area contributed by atoms with Gasteiger partial charge in [-0.15, -0.1) is 0 Å². The highest BCUT2D eigenvalue weighted by Crippen LogP contribution is 2.31. The van der Waals surface area contributed by atoms with E-state index >= 15 is 4.39 Å². The average Bonchev–Trinajstić information content (AvgIpc) is 2.87. The Morgan fingerprint density at radius 2 is 1.66 bits per heavy atom. The molecule has 1 aliphatic rings. The van der Waals surface area contributed by atoms with Crippen LogP contribution in [0.3, 0.4) is 0 Å². The predicted octanol–water partition coefficient (Wildman–Crippen LogP) is 5.40. The predicted molar refractivity (Wildman–Crippen MR) is 136 cm³/mol. The molecule has 3 aromatic carbocycles. The van der Waals surface area contributed by atoms with E-state index in [1.165, 1.54) is 24.4 Å². The Bertz CT molecular complexity index is 1530. The summed E-state index contributed by atoms with van der Waals surface area (Å²) in [5.74, 6) is -0.510. The molecule has 4 aromatic rings. The number of nitrogens with zero attached hydrogens (tertiary/aromatic N) is 2. The standard InChI is InChI=1S/C28H27FN2O3S/c1-20-10-8-9-15-31(20)26-17-25-23(16-24(26)29)28(32)27(35(33,34)22-13-6-3-7-14-22)19-30(25)18-21-11-4-2-5-12-21/h2-7,11-14,16-17,19-20H,8-10,15,18H2,1H3/t20-/m1/s1. The first-order chi connectivity index (χ1) is 16.9. The summed E-state index contributed by atoms with van der Waals surface area (Å²) in [7, 11) is -4.09. The molecule has 1 aromatic heterocycles. The van der Waals surface area contributed by atoms with Gasteiger partial charge in [-0.25, -0.2) is 12.8 Å². The molecule has 0 amide bonds.